The molecule has 0 spiro atoms. The van der Waals surface area contributed by atoms with Crippen LogP contribution in [0.3, 0.4) is 0 Å². The summed E-state index contributed by atoms with van der Waals surface area (Å²) in [4.78, 5) is 27.6. The maximum absolute atomic E-state index is 11.9. The van der Waals surface area contributed by atoms with E-state index in [1.54, 1.807) is 39.4 Å². The first-order valence-corrected chi connectivity index (χ1v) is 6.29. The van der Waals surface area contributed by atoms with Crippen LogP contribution in [-0.4, -0.2) is 50.1 Å². The van der Waals surface area contributed by atoms with Crippen LogP contribution in [-0.2, 0) is 9.53 Å². The van der Waals surface area contributed by atoms with Gasteiger partial charge in [-0.1, -0.05) is 0 Å². The number of nitrogens with zero attached hydrogens (tertiary/aromatic N) is 1. The molecule has 1 rings (SSSR count). The molecule has 0 aliphatic carbocycles. The Morgan fingerprint density at radius 3 is 2.70 bits per heavy atom. The van der Waals surface area contributed by atoms with E-state index < -0.39 is 6.04 Å². The second-order valence-corrected chi connectivity index (χ2v) is 4.16. The number of carbonyl (C=O) groups excluding carboxylic acids is 2. The fraction of sp³-hybridized carbons (Fsp3) is 0.462. The number of aromatic nitrogens is 1. The number of hydrogen-bond acceptors (Lipinski definition) is 5. The summed E-state index contributed by atoms with van der Waals surface area (Å²) in [6.45, 7) is 2.45. The Morgan fingerprint density at radius 1 is 1.40 bits per heavy atom. The van der Waals surface area contributed by atoms with Crippen molar-refractivity contribution in [3.05, 3.63) is 24.0 Å². The van der Waals surface area contributed by atoms with Crippen LogP contribution >= 0.6 is 0 Å². The lowest BCUT2D eigenvalue weighted by molar-refractivity contribution is -0.122. The van der Waals surface area contributed by atoms with Gasteiger partial charge in [0, 0.05) is 20.7 Å². The van der Waals surface area contributed by atoms with Crippen LogP contribution in [0.25, 0.3) is 0 Å². The highest BCUT2D eigenvalue weighted by Gasteiger charge is 2.16. The molecular weight excluding hydrogens is 260 g/mol. The van der Waals surface area contributed by atoms with Crippen molar-refractivity contribution in [2.45, 2.75) is 13.0 Å². The molecule has 0 saturated heterocycles. The SMILES string of the molecule is CNc1ccc(C(=O)NC(C)C(=O)NCCOC)nc1. The highest BCUT2D eigenvalue weighted by molar-refractivity contribution is 5.96. The first-order valence-electron chi connectivity index (χ1n) is 6.29. The number of rotatable bonds is 7. The molecule has 0 aliphatic rings. The van der Waals surface area contributed by atoms with Crippen LogP contribution < -0.4 is 16.0 Å². The van der Waals surface area contributed by atoms with Gasteiger partial charge in [-0.05, 0) is 19.1 Å². The lowest BCUT2D eigenvalue weighted by Gasteiger charge is -2.13. The first kappa shape index (κ1) is 15.9. The third-order valence-electron chi connectivity index (χ3n) is 2.63. The Hall–Kier alpha value is -2.15. The number of methoxy groups -OCH3 is 1. The maximum Gasteiger partial charge on any atom is 0.270 e. The van der Waals surface area contributed by atoms with Gasteiger partial charge in [0.05, 0.1) is 18.5 Å². The number of anilines is 1. The predicted molar refractivity (Wildman–Crippen MR) is 75.6 cm³/mol. The Balaban J connectivity index is 2.49. The van der Waals surface area contributed by atoms with E-state index in [9.17, 15) is 9.59 Å². The van der Waals surface area contributed by atoms with Gasteiger partial charge in [0.2, 0.25) is 5.91 Å². The number of hydrogen-bond donors (Lipinski definition) is 3. The van der Waals surface area contributed by atoms with Crippen LogP contribution in [0.15, 0.2) is 18.3 Å². The van der Waals surface area contributed by atoms with Gasteiger partial charge >= 0.3 is 0 Å². The smallest absolute Gasteiger partial charge is 0.270 e. The molecule has 20 heavy (non-hydrogen) atoms. The Labute approximate surface area is 118 Å². The van der Waals surface area contributed by atoms with E-state index in [4.69, 9.17) is 4.74 Å². The Bertz CT molecular complexity index is 447. The second-order valence-electron chi connectivity index (χ2n) is 4.16. The van der Waals surface area contributed by atoms with Gasteiger partial charge in [0.1, 0.15) is 11.7 Å². The van der Waals surface area contributed by atoms with Crippen molar-refractivity contribution in [2.75, 3.05) is 32.6 Å². The molecule has 7 heteroatoms. The zero-order chi connectivity index (χ0) is 15.0. The number of ether oxygens (including phenoxy) is 1. The second kappa shape index (κ2) is 8.11. The molecule has 0 bridgehead atoms. The highest BCUT2D eigenvalue weighted by Crippen LogP contribution is 2.04. The van der Waals surface area contributed by atoms with Crippen LogP contribution in [0.4, 0.5) is 5.69 Å². The molecule has 3 N–H and O–H groups in total. The molecule has 1 unspecified atom stereocenters. The fourth-order valence-corrected chi connectivity index (χ4v) is 1.44. The molecule has 1 heterocycles. The van der Waals surface area contributed by atoms with Gasteiger partial charge in [-0.3, -0.25) is 9.59 Å². The first-order chi connectivity index (χ1) is 9.58. The van der Waals surface area contributed by atoms with Crippen molar-refractivity contribution in [2.24, 2.45) is 0 Å². The lowest BCUT2D eigenvalue weighted by atomic mass is 10.2. The third-order valence-corrected chi connectivity index (χ3v) is 2.63. The summed E-state index contributed by atoms with van der Waals surface area (Å²) in [5.41, 5.74) is 1.08. The quantitative estimate of drug-likeness (QED) is 0.612. The fourth-order valence-electron chi connectivity index (χ4n) is 1.44. The standard InChI is InChI=1S/C13H20N4O3/c1-9(12(18)15-6-7-20-3)17-13(19)11-5-4-10(14-2)8-16-11/h4-5,8-9,14H,6-7H2,1-3H3,(H,15,18)(H,17,19). The van der Waals surface area contributed by atoms with Crippen molar-refractivity contribution in [3.63, 3.8) is 0 Å². The lowest BCUT2D eigenvalue weighted by Crippen LogP contribution is -2.45. The Morgan fingerprint density at radius 2 is 2.15 bits per heavy atom. The van der Waals surface area contributed by atoms with Gasteiger partial charge in [-0.25, -0.2) is 4.98 Å². The Kier molecular flexibility index (Phi) is 6.45. The summed E-state index contributed by atoms with van der Waals surface area (Å²) in [5.74, 6) is -0.649. The monoisotopic (exact) mass is 280 g/mol. The minimum atomic E-state index is -0.634. The van der Waals surface area contributed by atoms with Gasteiger partial charge in [-0.15, -0.1) is 0 Å². The molecule has 0 saturated carbocycles. The van der Waals surface area contributed by atoms with E-state index in [-0.39, 0.29) is 17.5 Å². The van der Waals surface area contributed by atoms with Crippen molar-refractivity contribution in [1.82, 2.24) is 15.6 Å². The van der Waals surface area contributed by atoms with Gasteiger partial charge in [0.15, 0.2) is 0 Å². The summed E-state index contributed by atoms with van der Waals surface area (Å²) in [6.07, 6.45) is 1.55. The highest BCUT2D eigenvalue weighted by atomic mass is 16.5. The van der Waals surface area contributed by atoms with E-state index in [0.29, 0.717) is 13.2 Å². The van der Waals surface area contributed by atoms with Crippen molar-refractivity contribution in [1.29, 1.82) is 0 Å². The minimum absolute atomic E-state index is 0.262. The van der Waals surface area contributed by atoms with Crippen molar-refractivity contribution < 1.29 is 14.3 Å². The summed E-state index contributed by atoms with van der Waals surface area (Å²) < 4.78 is 4.83. The number of amides is 2. The molecule has 2 amide bonds. The molecule has 0 aliphatic heterocycles. The topological polar surface area (TPSA) is 92.4 Å². The van der Waals surface area contributed by atoms with Crippen LogP contribution in [0.5, 0.6) is 0 Å². The van der Waals surface area contributed by atoms with E-state index in [2.05, 4.69) is 20.9 Å². The molecular formula is C13H20N4O3. The number of pyridine rings is 1. The van der Waals surface area contributed by atoms with E-state index in [0.717, 1.165) is 5.69 Å². The molecule has 1 aromatic rings. The average molecular weight is 280 g/mol. The molecule has 110 valence electrons. The zero-order valence-corrected chi connectivity index (χ0v) is 11.9. The predicted octanol–water partition coefficient (Wildman–Crippen LogP) is 0.00420. The van der Waals surface area contributed by atoms with Crippen LogP contribution in [0.1, 0.15) is 17.4 Å². The number of nitrogens with one attached hydrogen (secondary N) is 3. The van der Waals surface area contributed by atoms with E-state index in [1.807, 2.05) is 0 Å². The molecule has 0 aromatic carbocycles. The molecule has 1 atom stereocenters. The maximum atomic E-state index is 11.9. The summed E-state index contributed by atoms with van der Waals surface area (Å²) >= 11 is 0. The van der Waals surface area contributed by atoms with Crippen molar-refractivity contribution >= 4 is 17.5 Å². The van der Waals surface area contributed by atoms with E-state index in [1.165, 1.54) is 0 Å². The van der Waals surface area contributed by atoms with Crippen molar-refractivity contribution in [3.8, 4) is 0 Å². The summed E-state index contributed by atoms with van der Waals surface area (Å²) in [5, 5.41) is 8.15. The minimum Gasteiger partial charge on any atom is -0.387 e. The van der Waals surface area contributed by atoms with Gasteiger partial charge < -0.3 is 20.7 Å². The van der Waals surface area contributed by atoms with Crippen LogP contribution in [0, 0.1) is 0 Å². The third kappa shape index (κ3) is 4.85. The average Bonchev–Trinajstić information content (AvgIpc) is 2.47. The normalized spacial score (nSPS) is 11.6. The summed E-state index contributed by atoms with van der Waals surface area (Å²) in [7, 11) is 3.32. The molecule has 0 fully saturated rings. The summed E-state index contributed by atoms with van der Waals surface area (Å²) in [6, 6.07) is 2.70. The largest absolute Gasteiger partial charge is 0.387 e. The zero-order valence-electron chi connectivity index (χ0n) is 11.9. The van der Waals surface area contributed by atoms with Gasteiger partial charge in [-0.2, -0.15) is 0 Å². The molecule has 1 aromatic heterocycles. The molecule has 0 radical (unpaired) electrons. The van der Waals surface area contributed by atoms with E-state index >= 15 is 0 Å². The van der Waals surface area contributed by atoms with Gasteiger partial charge in [0.25, 0.3) is 5.91 Å². The number of carbonyl (C=O) groups is 2. The molecule has 7 nitrogen and oxygen atoms in total. The van der Waals surface area contributed by atoms with Crippen LogP contribution in [0.2, 0.25) is 0 Å².